The van der Waals surface area contributed by atoms with Crippen LogP contribution in [-0.2, 0) is 28.6 Å². The van der Waals surface area contributed by atoms with Crippen LogP contribution >= 0.6 is 0 Å². The van der Waals surface area contributed by atoms with E-state index in [1.54, 1.807) is 34.6 Å². The number of ether oxygens (including phenoxy) is 3. The Kier molecular flexibility index (Phi) is 16.6. The highest BCUT2D eigenvalue weighted by molar-refractivity contribution is 6.01. The maximum atomic E-state index is 17.8. The van der Waals surface area contributed by atoms with E-state index in [-0.39, 0.29) is 56.4 Å². The quantitative estimate of drug-likeness (QED) is 0.129. The summed E-state index contributed by atoms with van der Waals surface area (Å²) in [6, 6.07) is -0.940. The first-order valence-corrected chi connectivity index (χ1v) is 25.6. The zero-order valence-electron chi connectivity index (χ0n) is 43.2. The lowest BCUT2D eigenvalue weighted by Crippen LogP contribution is -2.71. The van der Waals surface area contributed by atoms with Crippen LogP contribution in [0.4, 0.5) is 8.78 Å². The zero-order valence-corrected chi connectivity index (χ0v) is 43.2. The number of esters is 1. The first-order valence-electron chi connectivity index (χ1n) is 25.6. The maximum Gasteiger partial charge on any atom is 0.311 e. The molecule has 69 heavy (non-hydrogen) atoms. The number of rotatable bonds is 9. The van der Waals surface area contributed by atoms with E-state index in [2.05, 4.69) is 5.32 Å². The molecule has 0 bridgehead atoms. The molecule has 394 valence electrons. The number of nitrogens with one attached hydrogen (secondary N) is 1. The third-order valence-corrected chi connectivity index (χ3v) is 18.5. The summed E-state index contributed by atoms with van der Waals surface area (Å²) in [7, 11) is 3.77. The Morgan fingerprint density at radius 3 is 2.29 bits per heavy atom. The second-order valence-electron chi connectivity index (χ2n) is 23.5. The van der Waals surface area contributed by atoms with Gasteiger partial charge in [0.1, 0.15) is 30.1 Å². The van der Waals surface area contributed by atoms with E-state index in [4.69, 9.17) is 14.2 Å². The van der Waals surface area contributed by atoms with Gasteiger partial charge >= 0.3 is 5.97 Å². The Balaban J connectivity index is 1.20. The summed E-state index contributed by atoms with van der Waals surface area (Å²) in [5.74, 6) is -5.29. The van der Waals surface area contributed by atoms with E-state index in [1.165, 1.54) is 26.0 Å². The number of aliphatic hydroxyl groups excluding tert-OH is 4. The van der Waals surface area contributed by atoms with Crippen LogP contribution in [0.5, 0.6) is 0 Å². The highest BCUT2D eigenvalue weighted by Gasteiger charge is 2.76. The predicted molar refractivity (Wildman–Crippen MR) is 254 cm³/mol. The molecule has 2 aliphatic heterocycles. The molecule has 3 saturated carbocycles. The number of aliphatic hydroxyl groups is 6. The van der Waals surface area contributed by atoms with Crippen molar-refractivity contribution >= 4 is 17.7 Å². The molecule has 2 saturated heterocycles. The van der Waals surface area contributed by atoms with Gasteiger partial charge in [0, 0.05) is 48.3 Å². The van der Waals surface area contributed by atoms with Gasteiger partial charge in [-0.2, -0.15) is 0 Å². The third kappa shape index (κ3) is 9.78. The maximum absolute atomic E-state index is 17.8. The first kappa shape index (κ1) is 55.9. The average molecular weight is 982 g/mol. The normalized spacial score (nSPS) is 47.8. The van der Waals surface area contributed by atoms with Crippen molar-refractivity contribution in [3.05, 3.63) is 23.8 Å². The van der Waals surface area contributed by atoms with Crippen molar-refractivity contribution in [3.63, 3.8) is 0 Å². The number of hydrogen-bond acceptors (Lipinski definition) is 14. The van der Waals surface area contributed by atoms with Crippen LogP contribution in [0.25, 0.3) is 0 Å². The average Bonchev–Trinajstić information content (AvgIpc) is 3.48. The molecule has 0 aromatic heterocycles. The van der Waals surface area contributed by atoms with Crippen molar-refractivity contribution in [2.24, 2.45) is 39.9 Å². The smallest absolute Gasteiger partial charge is 0.311 e. The number of carbonyl (C=O) groups excluding carboxylic acids is 3. The minimum absolute atomic E-state index is 0.00297. The summed E-state index contributed by atoms with van der Waals surface area (Å²) in [5, 5.41) is 74.1. The number of nitrogens with zero attached hydrogens (tertiary/aromatic N) is 2. The number of alkyl halides is 2. The molecule has 6 aliphatic rings. The number of allylic oxidation sites excluding steroid dienone is 4. The summed E-state index contributed by atoms with van der Waals surface area (Å²) < 4.78 is 52.4. The molecule has 0 aromatic rings. The van der Waals surface area contributed by atoms with Crippen LogP contribution in [0, 0.1) is 39.9 Å². The number of cyclic esters (lactones) is 1. The standard InChI is InChI=1S/C52H85F2N3O12/c1-13-40-50(10,65)43(62)31(5)57(20-14-17-47(6,7)41(26-38(59)30(4)44(63)68-40)69-45-42(61)37(56(11)12)23-29(3)67-45)21-15-19-55-46(64)52(66)28(2)22-33-34-25-36(53)35-24-32(58)16-18-48(35,8)51(34,54)39(60)27-49(33,52)9/h16,18,24,28-31,33-34,36-43,45,59-62,65-66H,13-15,17,19-23,25-27H2,1-12H3,(H,55,64)/t28-,29+,30-,31-,33?,34?,36+,37+,38+,39+,40-,41-,42?,43+,45-,48+,49+,50+,51+,52+/m1/s1. The van der Waals surface area contributed by atoms with E-state index in [9.17, 15) is 45.0 Å². The number of hydrogen-bond donors (Lipinski definition) is 7. The summed E-state index contributed by atoms with van der Waals surface area (Å²) in [6.07, 6.45) is -4.45. The van der Waals surface area contributed by atoms with Gasteiger partial charge in [0.25, 0.3) is 5.91 Å². The lowest BCUT2D eigenvalue weighted by molar-refractivity contribution is -0.283. The van der Waals surface area contributed by atoms with E-state index < -0.39 is 130 Å². The molecule has 0 radical (unpaired) electrons. The van der Waals surface area contributed by atoms with Crippen LogP contribution in [-0.4, -0.2) is 176 Å². The van der Waals surface area contributed by atoms with Crippen LogP contribution in [0.1, 0.15) is 127 Å². The Morgan fingerprint density at radius 2 is 1.65 bits per heavy atom. The van der Waals surface area contributed by atoms with Crippen LogP contribution in [0.3, 0.4) is 0 Å². The van der Waals surface area contributed by atoms with Gasteiger partial charge in [-0.05, 0) is 142 Å². The molecule has 15 nitrogen and oxygen atoms in total. The lowest BCUT2D eigenvalue weighted by atomic mass is 9.44. The fraction of sp³-hybridized carbons (Fsp3) is 0.865. The number of likely N-dealkylation sites (N-methyl/N-ethyl adjacent to an activating group) is 1. The summed E-state index contributed by atoms with van der Waals surface area (Å²) >= 11 is 0. The van der Waals surface area contributed by atoms with Gasteiger partial charge in [-0.15, -0.1) is 0 Å². The summed E-state index contributed by atoms with van der Waals surface area (Å²) in [6.45, 7) is 18.1. The molecule has 0 aromatic carbocycles. The minimum Gasteiger partial charge on any atom is -0.459 e. The molecule has 2 heterocycles. The van der Waals surface area contributed by atoms with Crippen molar-refractivity contribution in [1.29, 1.82) is 0 Å². The fourth-order valence-electron chi connectivity index (χ4n) is 13.8. The lowest BCUT2D eigenvalue weighted by Gasteiger charge is -2.63. The number of fused-ring (bicyclic) bond motifs is 5. The molecular weight excluding hydrogens is 897 g/mol. The van der Waals surface area contributed by atoms with E-state index >= 15 is 8.78 Å². The minimum atomic E-state index is -2.35. The molecule has 1 amide bonds. The molecule has 5 fully saturated rings. The van der Waals surface area contributed by atoms with Crippen LogP contribution in [0.15, 0.2) is 23.8 Å². The van der Waals surface area contributed by atoms with Gasteiger partial charge in [-0.1, -0.05) is 40.7 Å². The van der Waals surface area contributed by atoms with E-state index in [0.717, 1.165) is 6.08 Å². The molecule has 0 spiro atoms. The number of halogens is 2. The summed E-state index contributed by atoms with van der Waals surface area (Å²) in [5.41, 5.74) is -9.88. The van der Waals surface area contributed by atoms with Gasteiger partial charge in [-0.25, -0.2) is 8.78 Å². The molecular formula is C52H85F2N3O12. The van der Waals surface area contributed by atoms with E-state index in [0.29, 0.717) is 38.8 Å². The van der Waals surface area contributed by atoms with Crippen LogP contribution in [0.2, 0.25) is 0 Å². The number of ketones is 1. The van der Waals surface area contributed by atoms with Crippen molar-refractivity contribution in [2.75, 3.05) is 33.7 Å². The molecule has 4 aliphatic carbocycles. The second kappa shape index (κ2) is 20.5. The predicted octanol–water partition coefficient (Wildman–Crippen LogP) is 3.93. The van der Waals surface area contributed by atoms with Crippen molar-refractivity contribution in [3.8, 4) is 0 Å². The Labute approximate surface area is 408 Å². The Bertz CT molecular complexity index is 1940. The van der Waals surface area contributed by atoms with Gasteiger partial charge in [-0.3, -0.25) is 19.3 Å². The first-order chi connectivity index (χ1) is 31.9. The number of amides is 1. The van der Waals surface area contributed by atoms with Crippen molar-refractivity contribution in [1.82, 2.24) is 15.1 Å². The van der Waals surface area contributed by atoms with Gasteiger partial charge in [0.05, 0.1) is 30.3 Å². The van der Waals surface area contributed by atoms with Crippen LogP contribution < -0.4 is 5.32 Å². The molecule has 7 N–H and O–H groups in total. The zero-order chi connectivity index (χ0) is 51.6. The second-order valence-corrected chi connectivity index (χ2v) is 23.5. The largest absolute Gasteiger partial charge is 0.459 e. The fourth-order valence-corrected chi connectivity index (χ4v) is 13.8. The van der Waals surface area contributed by atoms with Crippen molar-refractivity contribution in [2.45, 2.75) is 211 Å². The Morgan fingerprint density at radius 1 is 0.986 bits per heavy atom. The van der Waals surface area contributed by atoms with Crippen molar-refractivity contribution < 1.29 is 68.0 Å². The van der Waals surface area contributed by atoms with E-state index in [1.807, 2.05) is 44.7 Å². The highest BCUT2D eigenvalue weighted by atomic mass is 19.1. The molecule has 17 heteroatoms. The molecule has 20 atom stereocenters. The SMILES string of the molecule is CC[C@H]1OC(=O)[C@H](C)[C@@H](O)C[C@@H](O[C@H]2O[C@@H](C)C[C@H](N(C)C)C2O)C(C)(C)CCCN(CCCNC(=O)[C@@]2(O)[C@H](C)CC3C4C[C@H](F)C5=CC(=O)C=C[C@]5(C)[C@@]4(F)[C@@H](O)C[C@@]32C)[C@H](C)[C@H](O)[C@@]1(C)O. The van der Waals surface area contributed by atoms with Gasteiger partial charge in [0.2, 0.25) is 0 Å². The summed E-state index contributed by atoms with van der Waals surface area (Å²) in [4.78, 5) is 44.3. The molecule has 6 rings (SSSR count). The molecule has 3 unspecified atom stereocenters. The Hall–Kier alpha value is -2.45. The van der Waals surface area contributed by atoms with Gasteiger partial charge < -0.3 is 55.1 Å². The topological polar surface area (TPSA) is 219 Å². The highest BCUT2D eigenvalue weighted by Crippen LogP contribution is 2.71. The number of carbonyl (C=O) groups is 3. The third-order valence-electron chi connectivity index (χ3n) is 18.5. The van der Waals surface area contributed by atoms with Gasteiger partial charge in [0.15, 0.2) is 23.3 Å². The monoisotopic (exact) mass is 982 g/mol.